The minimum absolute atomic E-state index is 0.0700. The molecule has 18 heavy (non-hydrogen) atoms. The summed E-state index contributed by atoms with van der Waals surface area (Å²) in [5.41, 5.74) is 0.694. The Kier molecular flexibility index (Phi) is 4.18. The molecule has 1 aromatic rings. The molecule has 0 spiro atoms. The number of aromatic nitrogens is 1. The minimum Gasteiger partial charge on any atom is -0.478 e. The van der Waals surface area contributed by atoms with Crippen LogP contribution in [-0.2, 0) is 0 Å². The van der Waals surface area contributed by atoms with Crippen LogP contribution in [0.2, 0.25) is 0 Å². The largest absolute Gasteiger partial charge is 0.478 e. The van der Waals surface area contributed by atoms with Crippen molar-refractivity contribution < 1.29 is 23.8 Å². The molecular weight excluding hydrogens is 246 g/mol. The monoisotopic (exact) mass is 260 g/mol. The Morgan fingerprint density at radius 2 is 2.11 bits per heavy atom. The van der Waals surface area contributed by atoms with Gasteiger partial charge in [0.15, 0.2) is 0 Å². The molecule has 7 heteroatoms. The van der Waals surface area contributed by atoms with E-state index in [1.807, 2.05) is 0 Å². The number of aromatic carboxylic acids is 1. The number of hydrogen-bond donors (Lipinski definition) is 3. The molecule has 0 fully saturated rings. The third-order valence-corrected chi connectivity index (χ3v) is 2.31. The van der Waals surface area contributed by atoms with E-state index in [-0.39, 0.29) is 16.9 Å². The number of rotatable bonds is 5. The molecule has 1 heterocycles. The number of nitrogens with one attached hydrogen (secondary N) is 1. The van der Waals surface area contributed by atoms with Crippen LogP contribution in [-0.4, -0.2) is 40.2 Å². The van der Waals surface area contributed by atoms with Crippen molar-refractivity contribution in [1.82, 2.24) is 4.98 Å². The predicted octanol–water partition coefficient (Wildman–Crippen LogP) is 1.44. The zero-order valence-corrected chi connectivity index (χ0v) is 10.00. The minimum atomic E-state index is -3.30. The maximum absolute atomic E-state index is 12.9. The first-order valence-corrected chi connectivity index (χ1v) is 5.21. The average Bonchev–Trinajstić information content (AvgIpc) is 2.25. The molecule has 1 rings (SSSR count). The third-order valence-electron chi connectivity index (χ3n) is 2.31. The second kappa shape index (κ2) is 5.26. The van der Waals surface area contributed by atoms with Crippen molar-refractivity contribution in [1.29, 1.82) is 0 Å². The van der Waals surface area contributed by atoms with Crippen LogP contribution in [0.1, 0.15) is 21.7 Å². The van der Waals surface area contributed by atoms with E-state index >= 15 is 0 Å². The van der Waals surface area contributed by atoms with Crippen molar-refractivity contribution in [2.75, 3.05) is 18.5 Å². The van der Waals surface area contributed by atoms with Crippen molar-refractivity contribution in [2.24, 2.45) is 0 Å². The van der Waals surface area contributed by atoms with Crippen molar-refractivity contribution in [2.45, 2.75) is 19.8 Å². The summed E-state index contributed by atoms with van der Waals surface area (Å²) in [6.45, 7) is 0.984. The predicted molar refractivity (Wildman–Crippen MR) is 61.2 cm³/mol. The van der Waals surface area contributed by atoms with Crippen LogP contribution < -0.4 is 5.32 Å². The molecule has 3 N–H and O–H groups in total. The number of aryl methyl sites for hydroxylation is 2. The highest BCUT2D eigenvalue weighted by atomic mass is 19.3. The number of anilines is 1. The van der Waals surface area contributed by atoms with Gasteiger partial charge in [0.1, 0.15) is 12.2 Å². The van der Waals surface area contributed by atoms with Gasteiger partial charge in [-0.2, -0.15) is 0 Å². The van der Waals surface area contributed by atoms with Crippen molar-refractivity contribution in [3.05, 3.63) is 23.0 Å². The first kappa shape index (κ1) is 14.3. The summed E-state index contributed by atoms with van der Waals surface area (Å²) >= 11 is 0. The summed E-state index contributed by atoms with van der Waals surface area (Å²) in [5, 5.41) is 19.8. The molecule has 0 saturated carbocycles. The fraction of sp³-hybridized carbons (Fsp3) is 0.455. The highest BCUT2D eigenvalue weighted by Crippen LogP contribution is 2.21. The Morgan fingerprint density at radius 1 is 1.50 bits per heavy atom. The number of carboxylic acid groups (broad SMARTS) is 1. The second-order valence-electron chi connectivity index (χ2n) is 3.94. The summed E-state index contributed by atoms with van der Waals surface area (Å²) in [7, 11) is 0. The molecule has 0 aliphatic rings. The number of carboxylic acids is 1. The number of alkyl halides is 2. The van der Waals surface area contributed by atoms with E-state index < -0.39 is 25.0 Å². The van der Waals surface area contributed by atoms with E-state index in [1.165, 1.54) is 13.0 Å². The summed E-state index contributed by atoms with van der Waals surface area (Å²) < 4.78 is 25.8. The quantitative estimate of drug-likeness (QED) is 0.746. The number of aliphatic hydroxyl groups excluding tert-OH is 1. The summed E-state index contributed by atoms with van der Waals surface area (Å²) in [5.74, 6) is -4.55. The van der Waals surface area contributed by atoms with Crippen molar-refractivity contribution >= 4 is 11.7 Å². The number of aliphatic hydroxyl groups is 1. The van der Waals surface area contributed by atoms with Gasteiger partial charge in [-0.25, -0.2) is 13.6 Å². The van der Waals surface area contributed by atoms with Crippen LogP contribution >= 0.6 is 0 Å². The molecule has 100 valence electrons. The lowest BCUT2D eigenvalue weighted by Crippen LogP contribution is -2.31. The Bertz CT molecular complexity index is 464. The number of carbonyl (C=O) groups is 1. The molecular formula is C11H14F2N2O3. The standard InChI is InChI=1S/C11H14F2N2O3/c1-6-3-8(14-4-11(12,13)5-16)9(10(17)18)7(2)15-6/h3,16H,4-5H2,1-2H3,(H,14,15)(H,17,18). The van der Waals surface area contributed by atoms with Gasteiger partial charge in [-0.15, -0.1) is 0 Å². The Labute approximate surface area is 102 Å². The number of nitrogens with zero attached hydrogens (tertiary/aromatic N) is 1. The van der Waals surface area contributed by atoms with Gasteiger partial charge in [-0.1, -0.05) is 0 Å². The van der Waals surface area contributed by atoms with Gasteiger partial charge in [-0.05, 0) is 19.9 Å². The fourth-order valence-corrected chi connectivity index (χ4v) is 1.52. The maximum atomic E-state index is 12.9. The SMILES string of the molecule is Cc1cc(NCC(F)(F)CO)c(C(=O)O)c(C)n1. The molecule has 0 aliphatic carbocycles. The lowest BCUT2D eigenvalue weighted by molar-refractivity contribution is -0.0373. The lowest BCUT2D eigenvalue weighted by Gasteiger charge is -2.17. The molecule has 0 amide bonds. The summed E-state index contributed by atoms with van der Waals surface area (Å²) in [4.78, 5) is 15.0. The molecule has 0 atom stereocenters. The molecule has 0 unspecified atom stereocenters. The highest BCUT2D eigenvalue weighted by Gasteiger charge is 2.28. The van der Waals surface area contributed by atoms with E-state index in [2.05, 4.69) is 10.3 Å². The van der Waals surface area contributed by atoms with Crippen LogP contribution in [0.4, 0.5) is 14.5 Å². The smallest absolute Gasteiger partial charge is 0.339 e. The summed E-state index contributed by atoms with van der Waals surface area (Å²) in [6.07, 6.45) is 0. The first-order chi connectivity index (χ1) is 8.26. The topological polar surface area (TPSA) is 82.5 Å². The van der Waals surface area contributed by atoms with Gasteiger partial charge in [0.25, 0.3) is 5.92 Å². The van der Waals surface area contributed by atoms with Gasteiger partial charge in [-0.3, -0.25) is 4.98 Å². The summed E-state index contributed by atoms with van der Waals surface area (Å²) in [6, 6.07) is 1.38. The normalized spacial score (nSPS) is 11.4. The second-order valence-corrected chi connectivity index (χ2v) is 3.94. The number of pyridine rings is 1. The van der Waals surface area contributed by atoms with Crippen LogP contribution in [0.15, 0.2) is 6.07 Å². The van der Waals surface area contributed by atoms with E-state index in [0.29, 0.717) is 5.69 Å². The van der Waals surface area contributed by atoms with Gasteiger partial charge in [0.2, 0.25) is 0 Å². The molecule has 0 radical (unpaired) electrons. The third kappa shape index (κ3) is 3.36. The van der Waals surface area contributed by atoms with Crippen molar-refractivity contribution in [3.8, 4) is 0 Å². The van der Waals surface area contributed by atoms with Crippen LogP contribution in [0.3, 0.4) is 0 Å². The zero-order valence-electron chi connectivity index (χ0n) is 10.00. The Morgan fingerprint density at radius 3 is 2.61 bits per heavy atom. The van der Waals surface area contributed by atoms with Crippen LogP contribution in [0.25, 0.3) is 0 Å². The number of halogens is 2. The maximum Gasteiger partial charge on any atom is 0.339 e. The Hall–Kier alpha value is -1.76. The molecule has 0 aromatic carbocycles. The van der Waals surface area contributed by atoms with Crippen molar-refractivity contribution in [3.63, 3.8) is 0 Å². The average molecular weight is 260 g/mol. The molecule has 0 bridgehead atoms. The van der Waals surface area contributed by atoms with Gasteiger partial charge in [0, 0.05) is 5.69 Å². The van der Waals surface area contributed by atoms with Gasteiger partial charge < -0.3 is 15.5 Å². The molecule has 5 nitrogen and oxygen atoms in total. The lowest BCUT2D eigenvalue weighted by atomic mass is 10.1. The molecule has 0 aliphatic heterocycles. The van der Waals surface area contributed by atoms with Crippen LogP contribution in [0.5, 0.6) is 0 Å². The molecule has 1 aromatic heterocycles. The van der Waals surface area contributed by atoms with E-state index in [0.717, 1.165) is 0 Å². The van der Waals surface area contributed by atoms with E-state index in [1.54, 1.807) is 6.92 Å². The molecule has 0 saturated heterocycles. The van der Waals surface area contributed by atoms with Gasteiger partial charge >= 0.3 is 5.97 Å². The Balaban J connectivity index is 3.04. The number of hydrogen-bond acceptors (Lipinski definition) is 4. The van der Waals surface area contributed by atoms with E-state index in [4.69, 9.17) is 10.2 Å². The van der Waals surface area contributed by atoms with Gasteiger partial charge in [0.05, 0.1) is 17.9 Å². The van der Waals surface area contributed by atoms with Crippen LogP contribution in [0, 0.1) is 13.8 Å². The first-order valence-electron chi connectivity index (χ1n) is 5.21. The highest BCUT2D eigenvalue weighted by molar-refractivity contribution is 5.95. The zero-order chi connectivity index (χ0) is 13.9. The fourth-order valence-electron chi connectivity index (χ4n) is 1.52. The van der Waals surface area contributed by atoms with E-state index in [9.17, 15) is 13.6 Å².